The van der Waals surface area contributed by atoms with Crippen LogP contribution in [-0.4, -0.2) is 6.10 Å². The van der Waals surface area contributed by atoms with Gasteiger partial charge in [-0.3, -0.25) is 0 Å². The van der Waals surface area contributed by atoms with E-state index in [1.165, 1.54) is 64.7 Å². The van der Waals surface area contributed by atoms with Crippen molar-refractivity contribution in [3.8, 4) is 6.07 Å². The summed E-state index contributed by atoms with van der Waals surface area (Å²) < 4.78 is 6.75. The average molecular weight is 462 g/mol. The highest BCUT2D eigenvalue weighted by Crippen LogP contribution is 2.38. The largest absolute Gasteiger partial charge is 0.368 e. The average Bonchev–Trinajstić information content (AvgIpc) is 3.18. The number of benzene rings is 1. The molecule has 0 saturated heterocycles. The van der Waals surface area contributed by atoms with Crippen LogP contribution in [0.2, 0.25) is 0 Å². The number of ether oxygens (including phenoxy) is 1. The molecule has 35 heavy (non-hydrogen) atoms. The molecule has 0 N–H and O–H groups in total. The summed E-state index contributed by atoms with van der Waals surface area (Å²) in [6.45, 7) is 2.81. The Bertz CT molecular complexity index is 1220. The van der Waals surface area contributed by atoms with Gasteiger partial charge in [0.15, 0.2) is 0 Å². The summed E-state index contributed by atoms with van der Waals surface area (Å²) in [5.41, 5.74) is 10.1. The molecule has 0 aliphatic heterocycles. The van der Waals surface area contributed by atoms with E-state index in [9.17, 15) is 5.26 Å². The molecule has 4 aliphatic carbocycles. The van der Waals surface area contributed by atoms with Gasteiger partial charge in [0, 0.05) is 5.92 Å². The van der Waals surface area contributed by atoms with Gasteiger partial charge in [0.1, 0.15) is 0 Å². The second kappa shape index (κ2) is 11.1. The third-order valence-electron chi connectivity index (χ3n) is 7.74. The predicted octanol–water partition coefficient (Wildman–Crippen LogP) is 7.96. The van der Waals surface area contributed by atoms with E-state index in [0.717, 1.165) is 31.3 Å². The van der Waals surface area contributed by atoms with E-state index in [0.29, 0.717) is 6.61 Å². The van der Waals surface area contributed by atoms with Crippen LogP contribution in [0.3, 0.4) is 0 Å². The van der Waals surface area contributed by atoms with Crippen molar-refractivity contribution < 1.29 is 4.74 Å². The van der Waals surface area contributed by atoms with Gasteiger partial charge in [-0.2, -0.15) is 5.26 Å². The summed E-state index contributed by atoms with van der Waals surface area (Å²) in [5.74, 6) is 0.185. The zero-order valence-corrected chi connectivity index (χ0v) is 20.8. The topological polar surface area (TPSA) is 33.0 Å². The lowest BCUT2D eigenvalue weighted by Gasteiger charge is -2.31. The van der Waals surface area contributed by atoms with Gasteiger partial charge in [0.2, 0.25) is 0 Å². The van der Waals surface area contributed by atoms with Crippen LogP contribution in [0.5, 0.6) is 0 Å². The molecule has 2 atom stereocenters. The number of allylic oxidation sites excluding steroid dienone is 11. The molecule has 0 saturated carbocycles. The van der Waals surface area contributed by atoms with E-state index >= 15 is 0 Å². The summed E-state index contributed by atoms with van der Waals surface area (Å²) in [6, 6.07) is 9.37. The molecular weight excluding hydrogens is 426 g/mol. The molecule has 4 aliphatic rings. The first-order valence-corrected chi connectivity index (χ1v) is 13.2. The third-order valence-corrected chi connectivity index (χ3v) is 7.74. The quantitative estimate of drug-likeness (QED) is 0.430. The van der Waals surface area contributed by atoms with Crippen molar-refractivity contribution in [2.45, 2.75) is 71.0 Å². The highest BCUT2D eigenvalue weighted by molar-refractivity contribution is 5.56. The molecule has 0 fully saturated rings. The fourth-order valence-electron chi connectivity index (χ4n) is 5.77. The number of aryl methyl sites for hydroxylation is 2. The Morgan fingerprint density at radius 1 is 1.03 bits per heavy atom. The van der Waals surface area contributed by atoms with Crippen LogP contribution >= 0.6 is 0 Å². The zero-order valence-electron chi connectivity index (χ0n) is 20.8. The van der Waals surface area contributed by atoms with Crippen molar-refractivity contribution >= 4 is 0 Å². The van der Waals surface area contributed by atoms with Crippen molar-refractivity contribution in [3.63, 3.8) is 0 Å². The van der Waals surface area contributed by atoms with Crippen LogP contribution in [0.15, 0.2) is 101 Å². The standard InChI is InChI=1S/C33H35NO/c1-24-10-6-9-15-31(24)32-21-29(18-19-30(32)22-34)33(27-12-4-2-3-5-13-27)35-23-25-16-17-26-11-7-8-14-28(26)20-25/h2-4,9,12-13,15-20,29,33H,5-8,10-11,14,21,23H2,1H3. The van der Waals surface area contributed by atoms with E-state index in [4.69, 9.17) is 4.74 Å². The zero-order chi connectivity index (χ0) is 24.0. The Labute approximate surface area is 210 Å². The van der Waals surface area contributed by atoms with Crippen molar-refractivity contribution in [1.82, 2.24) is 0 Å². The summed E-state index contributed by atoms with van der Waals surface area (Å²) in [4.78, 5) is 0. The summed E-state index contributed by atoms with van der Waals surface area (Å²) in [5, 5.41) is 9.87. The van der Waals surface area contributed by atoms with Crippen molar-refractivity contribution in [2.24, 2.45) is 5.92 Å². The number of rotatable bonds is 6. The van der Waals surface area contributed by atoms with E-state index in [1.54, 1.807) is 0 Å². The first kappa shape index (κ1) is 23.6. The molecule has 0 bridgehead atoms. The second-order valence-corrected chi connectivity index (χ2v) is 10.1. The lowest BCUT2D eigenvalue weighted by molar-refractivity contribution is 0.0397. The number of fused-ring (bicyclic) bond motifs is 1. The molecule has 0 amide bonds. The molecule has 2 nitrogen and oxygen atoms in total. The lowest BCUT2D eigenvalue weighted by Crippen LogP contribution is -2.27. The van der Waals surface area contributed by atoms with Crippen molar-refractivity contribution in [2.75, 3.05) is 0 Å². The van der Waals surface area contributed by atoms with Crippen LogP contribution in [0.25, 0.3) is 0 Å². The SMILES string of the molecule is CC1=C(C2=C(C#N)C=CC(C(OCc3ccc4c(c3)CCCC4)C3=CCC=CC=C3)C2)C=CCC1. The van der Waals surface area contributed by atoms with Crippen LogP contribution in [0.1, 0.15) is 62.1 Å². The molecule has 0 radical (unpaired) electrons. The number of nitriles is 1. The Hall–Kier alpha value is -3.15. The highest BCUT2D eigenvalue weighted by atomic mass is 16.5. The molecular formula is C33H35NO. The van der Waals surface area contributed by atoms with Crippen LogP contribution in [0, 0.1) is 17.2 Å². The molecule has 2 unspecified atom stereocenters. The van der Waals surface area contributed by atoms with Gasteiger partial charge in [0.05, 0.1) is 24.4 Å². The molecule has 178 valence electrons. The van der Waals surface area contributed by atoms with Gasteiger partial charge in [0.25, 0.3) is 0 Å². The Morgan fingerprint density at radius 2 is 1.91 bits per heavy atom. The summed E-state index contributed by atoms with van der Waals surface area (Å²) in [6.07, 6.45) is 28.4. The van der Waals surface area contributed by atoms with Gasteiger partial charge in [-0.15, -0.1) is 0 Å². The maximum absolute atomic E-state index is 9.87. The van der Waals surface area contributed by atoms with Gasteiger partial charge in [-0.1, -0.05) is 72.4 Å². The Morgan fingerprint density at radius 3 is 2.77 bits per heavy atom. The molecule has 5 rings (SSSR count). The molecule has 2 heteroatoms. The maximum Gasteiger partial charge on any atom is 0.0994 e. The van der Waals surface area contributed by atoms with Gasteiger partial charge < -0.3 is 4.74 Å². The van der Waals surface area contributed by atoms with E-state index < -0.39 is 0 Å². The normalized spacial score (nSPS) is 22.5. The Balaban J connectivity index is 1.41. The molecule has 0 heterocycles. The molecule has 0 spiro atoms. The van der Waals surface area contributed by atoms with Gasteiger partial charge in [-0.25, -0.2) is 0 Å². The smallest absolute Gasteiger partial charge is 0.0994 e. The number of hydrogen-bond acceptors (Lipinski definition) is 2. The molecule has 0 aromatic heterocycles. The Kier molecular flexibility index (Phi) is 7.45. The predicted molar refractivity (Wildman–Crippen MR) is 144 cm³/mol. The summed E-state index contributed by atoms with van der Waals surface area (Å²) >= 11 is 0. The summed E-state index contributed by atoms with van der Waals surface area (Å²) in [7, 11) is 0. The third kappa shape index (κ3) is 5.42. The van der Waals surface area contributed by atoms with E-state index in [2.05, 4.69) is 79.8 Å². The van der Waals surface area contributed by atoms with Crippen LogP contribution in [0.4, 0.5) is 0 Å². The fourth-order valence-corrected chi connectivity index (χ4v) is 5.77. The number of nitrogens with zero attached hydrogens (tertiary/aromatic N) is 1. The monoisotopic (exact) mass is 461 g/mol. The van der Waals surface area contributed by atoms with E-state index in [1.807, 2.05) is 6.08 Å². The van der Waals surface area contributed by atoms with Crippen molar-refractivity contribution in [1.29, 1.82) is 5.26 Å². The minimum Gasteiger partial charge on any atom is -0.368 e. The van der Waals surface area contributed by atoms with Crippen LogP contribution < -0.4 is 0 Å². The first-order chi connectivity index (χ1) is 17.2. The maximum atomic E-state index is 9.87. The van der Waals surface area contributed by atoms with E-state index in [-0.39, 0.29) is 12.0 Å². The molecule has 1 aromatic rings. The van der Waals surface area contributed by atoms with Gasteiger partial charge >= 0.3 is 0 Å². The molecule has 1 aromatic carbocycles. The highest BCUT2D eigenvalue weighted by Gasteiger charge is 2.29. The fraction of sp³-hybridized carbons (Fsp3) is 0.364. The minimum absolute atomic E-state index is 0.0536. The van der Waals surface area contributed by atoms with Gasteiger partial charge in [-0.05, 0) is 97.8 Å². The second-order valence-electron chi connectivity index (χ2n) is 10.1. The first-order valence-electron chi connectivity index (χ1n) is 13.2. The van der Waals surface area contributed by atoms with Crippen LogP contribution in [-0.2, 0) is 24.2 Å². The lowest BCUT2D eigenvalue weighted by atomic mass is 9.78. The number of hydrogen-bond donors (Lipinski definition) is 0. The minimum atomic E-state index is -0.0536. The van der Waals surface area contributed by atoms with Crippen molar-refractivity contribution in [3.05, 3.63) is 117 Å².